The van der Waals surface area contributed by atoms with E-state index in [0.29, 0.717) is 0 Å². The lowest BCUT2D eigenvalue weighted by molar-refractivity contribution is -0.109. The first-order valence-corrected chi connectivity index (χ1v) is 9.28. The second-order valence-electron chi connectivity index (χ2n) is 5.36. The van der Waals surface area contributed by atoms with Crippen molar-refractivity contribution in [2.45, 2.75) is 23.0 Å². The Morgan fingerprint density at radius 1 is 1.42 bits per heavy atom. The van der Waals surface area contributed by atoms with Gasteiger partial charge in [0.15, 0.2) is 5.37 Å². The summed E-state index contributed by atoms with van der Waals surface area (Å²) in [6, 6.07) is -1.11. The molecule has 5 N–H and O–H groups in total. The molecule has 2 rings (SSSR count). The van der Waals surface area contributed by atoms with E-state index in [-0.39, 0.29) is 5.70 Å². The van der Waals surface area contributed by atoms with Crippen molar-refractivity contribution in [1.82, 2.24) is 10.3 Å². The van der Waals surface area contributed by atoms with Gasteiger partial charge in [0.25, 0.3) is 20.2 Å². The molecule has 1 aliphatic carbocycles. The largest absolute Gasteiger partial charge is 0.358 e. The first-order chi connectivity index (χ1) is 10.8. The van der Waals surface area contributed by atoms with E-state index in [1.54, 1.807) is 5.43 Å². The van der Waals surface area contributed by atoms with E-state index in [0.717, 1.165) is 18.0 Å². The van der Waals surface area contributed by atoms with Gasteiger partial charge in [-0.3, -0.25) is 13.9 Å². The van der Waals surface area contributed by atoms with Gasteiger partial charge in [0.1, 0.15) is 10.5 Å². The third-order valence-corrected chi connectivity index (χ3v) is 6.61. The monoisotopic (exact) mass is 382 g/mol. The summed E-state index contributed by atoms with van der Waals surface area (Å²) in [5.74, 6) is -0.805. The number of allylic oxidation sites excluding steroid dienone is 1. The molecule has 2 unspecified atom stereocenters. The minimum atomic E-state index is -4.91. The SMILES string of the molecule is CN1C2=CC(=O)/C(=N/NC(N)=O)CC2(S(=O)(=O)O)CC1S(=O)(=O)O. The van der Waals surface area contributed by atoms with E-state index in [9.17, 15) is 35.5 Å². The van der Waals surface area contributed by atoms with Crippen LogP contribution in [0.5, 0.6) is 0 Å². The van der Waals surface area contributed by atoms with E-state index in [2.05, 4.69) is 5.10 Å². The number of amides is 2. The average Bonchev–Trinajstić information content (AvgIpc) is 2.70. The summed E-state index contributed by atoms with van der Waals surface area (Å²) >= 11 is 0. The highest BCUT2D eigenvalue weighted by atomic mass is 32.2. The Bertz CT molecular complexity index is 875. The standard InChI is InChI=1S/C10H14N4O8S2/c1-14-7-2-6(15)5(12-13-9(11)16)3-10(7,24(20,21)22)4-8(14)23(17,18)19/h2,8H,3-4H2,1H3,(H3,11,13,16)(H,17,18,19)(H,20,21,22)/b12-5+. The fourth-order valence-corrected chi connectivity index (χ4v) is 5.08. The molecule has 24 heavy (non-hydrogen) atoms. The van der Waals surface area contributed by atoms with Crippen molar-refractivity contribution in [1.29, 1.82) is 0 Å². The van der Waals surface area contributed by atoms with Gasteiger partial charge < -0.3 is 10.6 Å². The van der Waals surface area contributed by atoms with Gasteiger partial charge in [0.05, 0.1) is 0 Å². The number of rotatable bonds is 3. The van der Waals surface area contributed by atoms with E-state index in [1.807, 2.05) is 0 Å². The van der Waals surface area contributed by atoms with Crippen LogP contribution in [0.4, 0.5) is 4.79 Å². The Balaban J connectivity index is 2.63. The fraction of sp³-hybridized carbons (Fsp3) is 0.500. The molecule has 1 aliphatic heterocycles. The molecule has 0 spiro atoms. The van der Waals surface area contributed by atoms with Gasteiger partial charge in [-0.25, -0.2) is 10.2 Å². The van der Waals surface area contributed by atoms with Crippen LogP contribution in [-0.2, 0) is 25.0 Å². The number of nitrogens with zero attached hydrogens (tertiary/aromatic N) is 2. The van der Waals surface area contributed by atoms with Crippen molar-refractivity contribution in [3.63, 3.8) is 0 Å². The Kier molecular flexibility index (Phi) is 4.20. The Labute approximate surface area is 136 Å². The number of nitrogens with one attached hydrogen (secondary N) is 1. The number of ketones is 1. The van der Waals surface area contributed by atoms with Gasteiger partial charge in [0.2, 0.25) is 5.78 Å². The second-order valence-corrected chi connectivity index (χ2v) is 8.66. The minimum absolute atomic E-state index is 0.296. The zero-order valence-corrected chi connectivity index (χ0v) is 13.8. The number of primary amides is 1. The molecule has 2 amide bonds. The Morgan fingerprint density at radius 2 is 2.00 bits per heavy atom. The molecule has 1 fully saturated rings. The van der Waals surface area contributed by atoms with E-state index in [4.69, 9.17) is 5.73 Å². The molecule has 0 aromatic heterocycles. The number of fused-ring (bicyclic) bond motifs is 1. The van der Waals surface area contributed by atoms with Crippen LogP contribution in [0.25, 0.3) is 0 Å². The van der Waals surface area contributed by atoms with Crippen LogP contribution in [0.15, 0.2) is 16.9 Å². The lowest BCUT2D eigenvalue weighted by atomic mass is 9.89. The van der Waals surface area contributed by atoms with Crippen LogP contribution >= 0.6 is 0 Å². The lowest BCUT2D eigenvalue weighted by Gasteiger charge is -2.31. The van der Waals surface area contributed by atoms with Crippen LogP contribution in [0, 0.1) is 0 Å². The number of hydrazone groups is 1. The number of hydrogen-bond donors (Lipinski definition) is 4. The van der Waals surface area contributed by atoms with E-state index in [1.165, 1.54) is 0 Å². The molecule has 134 valence electrons. The molecule has 0 bridgehead atoms. The first kappa shape index (κ1) is 18.3. The highest BCUT2D eigenvalue weighted by Gasteiger charge is 2.61. The molecule has 0 aromatic carbocycles. The number of likely N-dealkylation sites (tertiary alicyclic amines) is 1. The zero-order chi connectivity index (χ0) is 18.5. The van der Waals surface area contributed by atoms with Gasteiger partial charge in [-0.05, 0) is 0 Å². The van der Waals surface area contributed by atoms with Crippen LogP contribution < -0.4 is 11.2 Å². The number of carbonyl (C=O) groups is 2. The third kappa shape index (κ3) is 2.88. The van der Waals surface area contributed by atoms with Crippen molar-refractivity contribution in [3.8, 4) is 0 Å². The molecule has 2 atom stereocenters. The van der Waals surface area contributed by atoms with Crippen LogP contribution in [0.2, 0.25) is 0 Å². The number of hydrogen-bond acceptors (Lipinski definition) is 8. The van der Waals surface area contributed by atoms with Crippen LogP contribution in [0.1, 0.15) is 12.8 Å². The summed E-state index contributed by atoms with van der Waals surface area (Å²) in [5.41, 5.74) is 5.84. The minimum Gasteiger partial charge on any atom is -0.358 e. The molecule has 2 aliphatic rings. The highest BCUT2D eigenvalue weighted by molar-refractivity contribution is 7.88. The predicted octanol–water partition coefficient (Wildman–Crippen LogP) is -1.96. The first-order valence-electron chi connectivity index (χ1n) is 6.34. The van der Waals surface area contributed by atoms with Gasteiger partial charge in [-0.15, -0.1) is 0 Å². The molecule has 1 heterocycles. The average molecular weight is 382 g/mol. The van der Waals surface area contributed by atoms with Crippen molar-refractivity contribution in [2.75, 3.05) is 7.05 Å². The Morgan fingerprint density at radius 3 is 2.46 bits per heavy atom. The maximum atomic E-state index is 12.0. The van der Waals surface area contributed by atoms with Gasteiger partial charge in [0, 0.05) is 31.7 Å². The Hall–Kier alpha value is -2.03. The summed E-state index contributed by atoms with van der Waals surface area (Å²) in [6.45, 7) is 0. The summed E-state index contributed by atoms with van der Waals surface area (Å²) in [5, 5.41) is 1.71. The molecular formula is C10H14N4O8S2. The van der Waals surface area contributed by atoms with E-state index >= 15 is 0 Å². The topological polar surface area (TPSA) is 197 Å². The van der Waals surface area contributed by atoms with Crippen molar-refractivity contribution < 1.29 is 35.5 Å². The summed E-state index contributed by atoms with van der Waals surface area (Å²) in [7, 11) is -8.45. The number of nitrogens with two attached hydrogens (primary N) is 1. The third-order valence-electron chi connectivity index (χ3n) is 3.93. The highest BCUT2D eigenvalue weighted by Crippen LogP contribution is 2.47. The molecule has 0 radical (unpaired) electrons. The van der Waals surface area contributed by atoms with Crippen molar-refractivity contribution >= 4 is 37.8 Å². The van der Waals surface area contributed by atoms with Crippen molar-refractivity contribution in [3.05, 3.63) is 11.8 Å². The molecule has 0 aromatic rings. The predicted molar refractivity (Wildman–Crippen MR) is 79.9 cm³/mol. The quantitative estimate of drug-likeness (QED) is 0.316. The second kappa shape index (κ2) is 5.51. The maximum Gasteiger partial charge on any atom is 0.332 e. The summed E-state index contributed by atoms with van der Waals surface area (Å²) in [4.78, 5) is 23.6. The normalized spacial score (nSPS) is 29.4. The van der Waals surface area contributed by atoms with Gasteiger partial charge in [-0.2, -0.15) is 21.9 Å². The molecule has 1 saturated heterocycles. The fourth-order valence-electron chi connectivity index (χ4n) is 2.81. The maximum absolute atomic E-state index is 12.0. The van der Waals surface area contributed by atoms with Crippen molar-refractivity contribution in [2.24, 2.45) is 10.8 Å². The van der Waals surface area contributed by atoms with Gasteiger partial charge >= 0.3 is 6.03 Å². The zero-order valence-electron chi connectivity index (χ0n) is 12.2. The van der Waals surface area contributed by atoms with Crippen LogP contribution in [0.3, 0.4) is 0 Å². The number of urea groups is 1. The van der Waals surface area contributed by atoms with Gasteiger partial charge in [-0.1, -0.05) is 0 Å². The lowest BCUT2D eigenvalue weighted by Crippen LogP contribution is -2.46. The molecular weight excluding hydrogens is 368 g/mol. The van der Waals surface area contributed by atoms with Crippen LogP contribution in [-0.4, -0.2) is 65.5 Å². The molecule has 0 saturated carbocycles. The smallest absolute Gasteiger partial charge is 0.332 e. The summed E-state index contributed by atoms with van der Waals surface area (Å²) in [6.07, 6.45) is -0.646. The molecule has 14 heteroatoms. The summed E-state index contributed by atoms with van der Waals surface area (Å²) < 4.78 is 63.5. The molecule has 12 nitrogen and oxygen atoms in total. The van der Waals surface area contributed by atoms with E-state index < -0.39 is 60.7 Å². The number of carbonyl (C=O) groups excluding carboxylic acids is 2.